The third-order valence-electron chi connectivity index (χ3n) is 2.36. The number of hydrogen-bond acceptors (Lipinski definition) is 3. The first-order valence-corrected chi connectivity index (χ1v) is 4.73. The summed E-state index contributed by atoms with van der Waals surface area (Å²) in [5.41, 5.74) is 1.69. The van der Waals surface area contributed by atoms with E-state index in [-0.39, 0.29) is 4.92 Å². The molecule has 0 saturated heterocycles. The van der Waals surface area contributed by atoms with Crippen molar-refractivity contribution in [1.82, 2.24) is 9.38 Å². The molecule has 5 nitrogen and oxygen atoms in total. The number of imidazole rings is 1. The van der Waals surface area contributed by atoms with Gasteiger partial charge in [0.25, 0.3) is 0 Å². The van der Waals surface area contributed by atoms with Crippen LogP contribution in [0.25, 0.3) is 5.65 Å². The fourth-order valence-corrected chi connectivity index (χ4v) is 1.51. The van der Waals surface area contributed by atoms with E-state index in [0.29, 0.717) is 6.42 Å². The van der Waals surface area contributed by atoms with Crippen molar-refractivity contribution in [1.29, 1.82) is 0 Å². The van der Waals surface area contributed by atoms with E-state index in [1.807, 2.05) is 28.8 Å². The molecule has 0 bridgehead atoms. The Kier molecular flexibility index (Phi) is 2.37. The topological polar surface area (TPSA) is 60.4 Å². The second-order valence-corrected chi connectivity index (χ2v) is 3.52. The van der Waals surface area contributed by atoms with E-state index in [0.717, 1.165) is 11.3 Å². The van der Waals surface area contributed by atoms with Gasteiger partial charge in [-0.2, -0.15) is 0 Å². The average Bonchev–Trinajstić information content (AvgIpc) is 2.62. The van der Waals surface area contributed by atoms with Gasteiger partial charge in [0.2, 0.25) is 6.04 Å². The Labute approximate surface area is 86.5 Å². The zero-order chi connectivity index (χ0) is 10.8. The molecule has 1 atom stereocenters. The Balaban J connectivity index is 2.32. The summed E-state index contributed by atoms with van der Waals surface area (Å²) in [6.45, 7) is 1.60. The van der Waals surface area contributed by atoms with Gasteiger partial charge in [-0.1, -0.05) is 6.07 Å². The van der Waals surface area contributed by atoms with Crippen LogP contribution in [0.4, 0.5) is 0 Å². The maximum Gasteiger partial charge on any atom is 0.215 e. The first kappa shape index (κ1) is 9.64. The molecule has 0 N–H and O–H groups in total. The van der Waals surface area contributed by atoms with Gasteiger partial charge in [0.05, 0.1) is 6.42 Å². The molecule has 2 aromatic rings. The van der Waals surface area contributed by atoms with Crippen LogP contribution in [0.2, 0.25) is 0 Å². The molecule has 0 aliphatic carbocycles. The predicted octanol–water partition coefficient (Wildman–Crippen LogP) is 1.54. The highest BCUT2D eigenvalue weighted by Crippen LogP contribution is 2.09. The predicted molar refractivity (Wildman–Crippen MR) is 55.4 cm³/mol. The first-order chi connectivity index (χ1) is 7.18. The highest BCUT2D eigenvalue weighted by Gasteiger charge is 2.15. The lowest BCUT2D eigenvalue weighted by molar-refractivity contribution is -0.517. The lowest BCUT2D eigenvalue weighted by Gasteiger charge is -2.03. The number of rotatable bonds is 3. The molecule has 78 valence electrons. The van der Waals surface area contributed by atoms with E-state index in [1.165, 1.54) is 0 Å². The van der Waals surface area contributed by atoms with Crippen LogP contribution in [-0.4, -0.2) is 20.3 Å². The van der Waals surface area contributed by atoms with Gasteiger partial charge in [-0.25, -0.2) is 4.98 Å². The van der Waals surface area contributed by atoms with Crippen LogP contribution in [0.3, 0.4) is 0 Å². The maximum atomic E-state index is 10.5. The molecular weight excluding hydrogens is 194 g/mol. The molecule has 2 aromatic heterocycles. The minimum Gasteiger partial charge on any atom is -0.304 e. The highest BCUT2D eigenvalue weighted by atomic mass is 16.6. The van der Waals surface area contributed by atoms with Crippen LogP contribution in [-0.2, 0) is 6.42 Å². The van der Waals surface area contributed by atoms with Crippen LogP contribution in [0.15, 0.2) is 30.6 Å². The molecule has 2 rings (SSSR count). The maximum absolute atomic E-state index is 10.5. The second kappa shape index (κ2) is 3.68. The number of nitrogens with zero attached hydrogens (tertiary/aromatic N) is 3. The summed E-state index contributed by atoms with van der Waals surface area (Å²) < 4.78 is 1.88. The van der Waals surface area contributed by atoms with Crippen molar-refractivity contribution in [2.45, 2.75) is 19.4 Å². The van der Waals surface area contributed by atoms with Gasteiger partial charge in [0, 0.05) is 29.9 Å². The molecule has 0 radical (unpaired) electrons. The zero-order valence-corrected chi connectivity index (χ0v) is 8.33. The van der Waals surface area contributed by atoms with E-state index >= 15 is 0 Å². The number of pyridine rings is 1. The molecule has 0 saturated carbocycles. The molecule has 0 unspecified atom stereocenters. The summed E-state index contributed by atoms with van der Waals surface area (Å²) >= 11 is 0. The normalized spacial score (nSPS) is 12.9. The quantitative estimate of drug-likeness (QED) is 0.564. The SMILES string of the molecule is C[C@@H](Cc1cnc2ccccn12)[N+](=O)[O-]. The van der Waals surface area contributed by atoms with Gasteiger partial charge in [0.1, 0.15) is 5.65 Å². The number of hydrogen-bond donors (Lipinski definition) is 0. The summed E-state index contributed by atoms with van der Waals surface area (Å²) in [5.74, 6) is 0. The van der Waals surface area contributed by atoms with E-state index in [2.05, 4.69) is 4.98 Å². The van der Waals surface area contributed by atoms with Crippen molar-refractivity contribution >= 4 is 5.65 Å². The highest BCUT2D eigenvalue weighted by molar-refractivity contribution is 5.39. The van der Waals surface area contributed by atoms with Gasteiger partial charge in [-0.05, 0) is 12.1 Å². The lowest BCUT2D eigenvalue weighted by atomic mass is 10.2. The molecule has 0 spiro atoms. The molecule has 0 aliphatic heterocycles. The summed E-state index contributed by atoms with van der Waals surface area (Å²) in [5, 5.41) is 10.5. The molecule has 0 fully saturated rings. The van der Waals surface area contributed by atoms with E-state index in [9.17, 15) is 10.1 Å². The Bertz CT molecular complexity index is 492. The molecule has 5 heteroatoms. The van der Waals surface area contributed by atoms with E-state index in [4.69, 9.17) is 0 Å². The fourth-order valence-electron chi connectivity index (χ4n) is 1.51. The van der Waals surface area contributed by atoms with Crippen molar-refractivity contribution < 1.29 is 4.92 Å². The molecule has 0 aliphatic rings. The van der Waals surface area contributed by atoms with Crippen molar-refractivity contribution in [3.63, 3.8) is 0 Å². The third-order valence-corrected chi connectivity index (χ3v) is 2.36. The van der Waals surface area contributed by atoms with Crippen LogP contribution in [0.1, 0.15) is 12.6 Å². The van der Waals surface area contributed by atoms with Crippen LogP contribution in [0, 0.1) is 10.1 Å². The van der Waals surface area contributed by atoms with Crippen LogP contribution < -0.4 is 0 Å². The van der Waals surface area contributed by atoms with Gasteiger partial charge in [-0.3, -0.25) is 10.1 Å². The summed E-state index contributed by atoms with van der Waals surface area (Å²) in [7, 11) is 0. The van der Waals surface area contributed by atoms with Crippen LogP contribution in [0.5, 0.6) is 0 Å². The minimum absolute atomic E-state index is 0.275. The molecular formula is C10H11N3O2. The standard InChI is InChI=1S/C10H11N3O2/c1-8(13(14)15)6-9-7-11-10-4-2-3-5-12(9)10/h2-5,7-8H,6H2,1H3/t8-/m0/s1. The average molecular weight is 205 g/mol. The van der Waals surface area contributed by atoms with Gasteiger partial charge < -0.3 is 4.40 Å². The summed E-state index contributed by atoms with van der Waals surface area (Å²) in [6.07, 6.45) is 3.96. The monoisotopic (exact) mass is 205 g/mol. The van der Waals surface area contributed by atoms with E-state index < -0.39 is 6.04 Å². The zero-order valence-electron chi connectivity index (χ0n) is 8.33. The fraction of sp³-hybridized carbons (Fsp3) is 0.300. The number of nitro groups is 1. The molecule has 0 amide bonds. The Morgan fingerprint density at radius 3 is 3.13 bits per heavy atom. The van der Waals surface area contributed by atoms with Gasteiger partial charge in [-0.15, -0.1) is 0 Å². The van der Waals surface area contributed by atoms with Crippen molar-refractivity contribution in [2.75, 3.05) is 0 Å². The van der Waals surface area contributed by atoms with Crippen molar-refractivity contribution in [3.8, 4) is 0 Å². The van der Waals surface area contributed by atoms with Crippen LogP contribution >= 0.6 is 0 Å². The first-order valence-electron chi connectivity index (χ1n) is 4.73. The van der Waals surface area contributed by atoms with E-state index in [1.54, 1.807) is 13.1 Å². The summed E-state index contributed by atoms with van der Waals surface area (Å²) in [4.78, 5) is 14.4. The second-order valence-electron chi connectivity index (χ2n) is 3.52. The minimum atomic E-state index is -0.579. The molecule has 15 heavy (non-hydrogen) atoms. The van der Waals surface area contributed by atoms with Crippen molar-refractivity contribution in [3.05, 3.63) is 46.4 Å². The Morgan fingerprint density at radius 1 is 1.60 bits per heavy atom. The molecule has 0 aromatic carbocycles. The molecule has 2 heterocycles. The number of aromatic nitrogens is 2. The Hall–Kier alpha value is -1.91. The number of fused-ring (bicyclic) bond motifs is 1. The van der Waals surface area contributed by atoms with Gasteiger partial charge in [0.15, 0.2) is 0 Å². The largest absolute Gasteiger partial charge is 0.304 e. The lowest BCUT2D eigenvalue weighted by Crippen LogP contribution is -2.18. The summed E-state index contributed by atoms with van der Waals surface area (Å²) in [6, 6.07) is 5.07. The van der Waals surface area contributed by atoms with Gasteiger partial charge >= 0.3 is 0 Å². The smallest absolute Gasteiger partial charge is 0.215 e. The third kappa shape index (κ3) is 1.81. The van der Waals surface area contributed by atoms with Crippen molar-refractivity contribution in [2.24, 2.45) is 0 Å². The Morgan fingerprint density at radius 2 is 2.40 bits per heavy atom.